The fourth-order valence-electron chi connectivity index (χ4n) is 3.54. The molecule has 2 aliphatic rings. The predicted molar refractivity (Wildman–Crippen MR) is 111 cm³/mol. The lowest BCUT2D eigenvalue weighted by atomic mass is 9.94. The van der Waals surface area contributed by atoms with Crippen molar-refractivity contribution in [1.82, 2.24) is 15.5 Å². The quantitative estimate of drug-likeness (QED) is 0.266. The zero-order valence-corrected chi connectivity index (χ0v) is 18.1. The molecular weight excluding hydrogens is 439 g/mol. The van der Waals surface area contributed by atoms with Gasteiger partial charge >= 0.3 is 0 Å². The van der Waals surface area contributed by atoms with Gasteiger partial charge in [0.25, 0.3) is 0 Å². The zero-order valence-electron chi connectivity index (χ0n) is 15.0. The van der Waals surface area contributed by atoms with Gasteiger partial charge in [-0.05, 0) is 39.3 Å². The molecule has 2 fully saturated rings. The molecule has 1 aliphatic heterocycles. The zero-order chi connectivity index (χ0) is 16.7. The second kappa shape index (κ2) is 10.8. The third kappa shape index (κ3) is 7.43. The predicted octanol–water partition coefficient (Wildman–Crippen LogP) is 1.61. The lowest BCUT2D eigenvalue weighted by molar-refractivity contribution is 0.190. The molecule has 1 saturated heterocycles. The van der Waals surface area contributed by atoms with Gasteiger partial charge in [0.1, 0.15) is 0 Å². The van der Waals surface area contributed by atoms with Crippen molar-refractivity contribution in [3.05, 3.63) is 0 Å². The summed E-state index contributed by atoms with van der Waals surface area (Å²) < 4.78 is 23.0. The summed E-state index contributed by atoms with van der Waals surface area (Å²) in [6.45, 7) is 1.95. The van der Waals surface area contributed by atoms with Gasteiger partial charge < -0.3 is 15.5 Å². The molecule has 0 radical (unpaired) electrons. The third-order valence-electron chi connectivity index (χ3n) is 4.97. The number of guanidine groups is 1. The van der Waals surface area contributed by atoms with Crippen LogP contribution in [0.15, 0.2) is 4.99 Å². The van der Waals surface area contributed by atoms with Crippen molar-refractivity contribution in [3.63, 3.8) is 0 Å². The van der Waals surface area contributed by atoms with Gasteiger partial charge in [0.05, 0.1) is 11.5 Å². The molecule has 0 aromatic heterocycles. The lowest BCUT2D eigenvalue weighted by Gasteiger charge is -2.31. The van der Waals surface area contributed by atoms with Gasteiger partial charge in [-0.25, -0.2) is 8.42 Å². The molecule has 0 spiro atoms. The summed E-state index contributed by atoms with van der Waals surface area (Å²) in [7, 11) is 1.11. The first kappa shape index (κ1) is 22.0. The molecular formula is C16H33IN4O2S. The van der Waals surface area contributed by atoms with Gasteiger partial charge in [0.2, 0.25) is 0 Å². The second-order valence-corrected chi connectivity index (χ2v) is 9.10. The Morgan fingerprint density at radius 2 is 1.92 bits per heavy atom. The standard InChI is InChI=1S/C16H32N4O2S.HI/c1-17-16(19-14-9-12-23(21,22)13-14)18-10-6-11-20(2)15-7-4-3-5-8-15;/h14-15H,3-13H2,1-2H3,(H2,17,18,19);1H. The highest BCUT2D eigenvalue weighted by molar-refractivity contribution is 14.0. The topological polar surface area (TPSA) is 73.8 Å². The summed E-state index contributed by atoms with van der Waals surface area (Å²) in [6.07, 6.45) is 8.55. The van der Waals surface area contributed by atoms with Gasteiger partial charge in [-0.15, -0.1) is 24.0 Å². The maximum absolute atomic E-state index is 11.5. The van der Waals surface area contributed by atoms with Crippen molar-refractivity contribution in [2.24, 2.45) is 4.99 Å². The van der Waals surface area contributed by atoms with Crippen LogP contribution in [-0.4, -0.2) is 70.1 Å². The minimum atomic E-state index is -2.85. The van der Waals surface area contributed by atoms with Gasteiger partial charge in [0.15, 0.2) is 15.8 Å². The van der Waals surface area contributed by atoms with Crippen LogP contribution in [0.3, 0.4) is 0 Å². The Kier molecular flexibility index (Phi) is 9.88. The maximum Gasteiger partial charge on any atom is 0.191 e. The Morgan fingerprint density at radius 1 is 1.21 bits per heavy atom. The van der Waals surface area contributed by atoms with Crippen molar-refractivity contribution in [3.8, 4) is 0 Å². The lowest BCUT2D eigenvalue weighted by Crippen LogP contribution is -2.44. The highest BCUT2D eigenvalue weighted by Gasteiger charge is 2.28. The number of nitrogens with zero attached hydrogens (tertiary/aromatic N) is 2. The first-order valence-corrected chi connectivity index (χ1v) is 10.7. The molecule has 1 saturated carbocycles. The Labute approximate surface area is 164 Å². The minimum Gasteiger partial charge on any atom is -0.356 e. The highest BCUT2D eigenvalue weighted by atomic mass is 127. The molecule has 1 aliphatic carbocycles. The second-order valence-electron chi connectivity index (χ2n) is 6.87. The van der Waals surface area contributed by atoms with Crippen LogP contribution in [0.5, 0.6) is 0 Å². The molecule has 0 amide bonds. The minimum absolute atomic E-state index is 0. The van der Waals surface area contributed by atoms with Crippen LogP contribution < -0.4 is 10.6 Å². The molecule has 142 valence electrons. The van der Waals surface area contributed by atoms with Crippen molar-refractivity contribution in [2.45, 2.75) is 57.0 Å². The number of rotatable bonds is 6. The Morgan fingerprint density at radius 3 is 2.50 bits per heavy atom. The molecule has 24 heavy (non-hydrogen) atoms. The van der Waals surface area contributed by atoms with E-state index in [1.807, 2.05) is 0 Å². The van der Waals surface area contributed by atoms with Crippen molar-refractivity contribution in [1.29, 1.82) is 0 Å². The van der Waals surface area contributed by atoms with Crippen molar-refractivity contribution >= 4 is 39.8 Å². The summed E-state index contributed by atoms with van der Waals surface area (Å²) in [5.41, 5.74) is 0. The van der Waals surface area contributed by atoms with Crippen LogP contribution in [0.1, 0.15) is 44.9 Å². The smallest absolute Gasteiger partial charge is 0.191 e. The Hall–Kier alpha value is -0.0900. The van der Waals surface area contributed by atoms with E-state index >= 15 is 0 Å². The molecule has 1 unspecified atom stereocenters. The average Bonchev–Trinajstić information content (AvgIpc) is 2.89. The van der Waals surface area contributed by atoms with Gasteiger partial charge in [-0.3, -0.25) is 4.99 Å². The number of sulfone groups is 1. The van der Waals surface area contributed by atoms with Gasteiger partial charge in [-0.1, -0.05) is 19.3 Å². The number of hydrogen-bond acceptors (Lipinski definition) is 4. The summed E-state index contributed by atoms with van der Waals surface area (Å²) in [5, 5.41) is 6.52. The highest BCUT2D eigenvalue weighted by Crippen LogP contribution is 2.21. The number of halogens is 1. The van der Waals surface area contributed by atoms with Crippen LogP contribution in [0.4, 0.5) is 0 Å². The molecule has 8 heteroatoms. The first-order chi connectivity index (χ1) is 11.0. The summed E-state index contributed by atoms with van der Waals surface area (Å²) in [4.78, 5) is 6.68. The Bertz CT molecular complexity index is 492. The molecule has 6 nitrogen and oxygen atoms in total. The number of nitrogens with one attached hydrogen (secondary N) is 2. The number of hydrogen-bond donors (Lipinski definition) is 2. The van der Waals surface area contributed by atoms with Crippen LogP contribution in [0, 0.1) is 0 Å². The van der Waals surface area contributed by atoms with E-state index in [4.69, 9.17) is 0 Å². The fraction of sp³-hybridized carbons (Fsp3) is 0.938. The van der Waals surface area contributed by atoms with Gasteiger partial charge in [0, 0.05) is 25.7 Å². The van der Waals surface area contributed by atoms with Crippen LogP contribution in [0.25, 0.3) is 0 Å². The molecule has 2 rings (SSSR count). The molecule has 0 aromatic carbocycles. The Balaban J connectivity index is 0.00000288. The molecule has 1 atom stereocenters. The van der Waals surface area contributed by atoms with Crippen LogP contribution >= 0.6 is 24.0 Å². The van der Waals surface area contributed by atoms with Crippen LogP contribution in [0.2, 0.25) is 0 Å². The van der Waals surface area contributed by atoms with Crippen molar-refractivity contribution < 1.29 is 8.42 Å². The molecule has 2 N–H and O–H groups in total. The monoisotopic (exact) mass is 472 g/mol. The first-order valence-electron chi connectivity index (χ1n) is 8.88. The van der Waals surface area contributed by atoms with Gasteiger partial charge in [-0.2, -0.15) is 0 Å². The molecule has 0 bridgehead atoms. The van der Waals surface area contributed by atoms with E-state index in [9.17, 15) is 8.42 Å². The van der Waals surface area contributed by atoms with Crippen LogP contribution in [-0.2, 0) is 9.84 Å². The summed E-state index contributed by atoms with van der Waals surface area (Å²) in [6, 6.07) is 0.751. The fourth-order valence-corrected chi connectivity index (χ4v) is 5.21. The van der Waals surface area contributed by atoms with E-state index in [1.165, 1.54) is 32.1 Å². The molecule has 1 heterocycles. The summed E-state index contributed by atoms with van der Waals surface area (Å²) >= 11 is 0. The van der Waals surface area contributed by atoms with E-state index < -0.39 is 9.84 Å². The molecule has 0 aromatic rings. The normalized spacial score (nSPS) is 24.6. The van der Waals surface area contributed by atoms with E-state index in [-0.39, 0.29) is 41.5 Å². The average molecular weight is 472 g/mol. The number of aliphatic imine (C=N–C) groups is 1. The van der Waals surface area contributed by atoms with E-state index in [2.05, 4.69) is 27.6 Å². The van der Waals surface area contributed by atoms with Crippen molar-refractivity contribution in [2.75, 3.05) is 38.7 Å². The van der Waals surface area contributed by atoms with E-state index in [1.54, 1.807) is 7.05 Å². The largest absolute Gasteiger partial charge is 0.356 e. The van der Waals surface area contributed by atoms with E-state index in [0.717, 1.165) is 25.6 Å². The summed E-state index contributed by atoms with van der Waals surface area (Å²) in [5.74, 6) is 1.22. The van der Waals surface area contributed by atoms with E-state index in [0.29, 0.717) is 12.4 Å². The third-order valence-corrected chi connectivity index (χ3v) is 6.74. The SMILES string of the molecule is CN=C(NCCCN(C)C1CCCCC1)NC1CCS(=O)(=O)C1.I. The maximum atomic E-state index is 11.5.